The highest BCUT2D eigenvalue weighted by atomic mass is 32.1. The van der Waals surface area contributed by atoms with Gasteiger partial charge in [-0.15, -0.1) is 11.3 Å². The lowest BCUT2D eigenvalue weighted by Crippen LogP contribution is -2.18. The molecule has 0 saturated heterocycles. The lowest BCUT2D eigenvalue weighted by atomic mass is 10.2. The molecule has 0 saturated carbocycles. The number of rotatable bonds is 6. The summed E-state index contributed by atoms with van der Waals surface area (Å²) in [5, 5.41) is 9.06. The zero-order valence-electron chi connectivity index (χ0n) is 13.9. The molecule has 0 aliphatic rings. The Morgan fingerprint density at radius 1 is 1.36 bits per heavy atom. The van der Waals surface area contributed by atoms with Gasteiger partial charge in [0.1, 0.15) is 16.5 Å². The summed E-state index contributed by atoms with van der Waals surface area (Å²) in [5.74, 6) is -0.697. The van der Waals surface area contributed by atoms with Crippen molar-refractivity contribution in [3.05, 3.63) is 53.6 Å². The molecule has 3 aromatic rings. The molecule has 2 heterocycles. The Hall–Kier alpha value is -2.58. The minimum Gasteiger partial charge on any atom is -0.318 e. The van der Waals surface area contributed by atoms with Crippen molar-refractivity contribution >= 4 is 22.9 Å². The molecule has 2 aromatic heterocycles. The third kappa shape index (κ3) is 4.28. The minimum absolute atomic E-state index is 0.254. The molecular weight excluding hydrogens is 341 g/mol. The number of nitrogens with zero attached hydrogens (tertiary/aromatic N) is 4. The number of carbonyl (C=O) groups excluding carboxylic acids is 1. The number of carbonyl (C=O) groups is 1. The zero-order valence-corrected chi connectivity index (χ0v) is 14.8. The van der Waals surface area contributed by atoms with E-state index < -0.39 is 0 Å². The van der Waals surface area contributed by atoms with E-state index in [-0.39, 0.29) is 17.4 Å². The number of amides is 1. The van der Waals surface area contributed by atoms with Crippen LogP contribution in [0.3, 0.4) is 0 Å². The van der Waals surface area contributed by atoms with Crippen LogP contribution in [0.4, 0.5) is 10.1 Å². The van der Waals surface area contributed by atoms with E-state index in [1.54, 1.807) is 40.7 Å². The molecule has 0 bridgehead atoms. The summed E-state index contributed by atoms with van der Waals surface area (Å²) in [4.78, 5) is 18.6. The molecule has 3 rings (SSSR count). The minimum atomic E-state index is -0.356. The topological polar surface area (TPSA) is 63.0 Å². The fraction of sp³-hybridized carbons (Fsp3) is 0.235. The SMILES string of the molecule is CN(C)CCn1cc(NC(=O)c2csc(-c3ccccc3F)n2)cn1. The number of likely N-dealkylation sites (N-methyl/N-ethyl adjacent to an activating group) is 1. The maximum absolute atomic E-state index is 13.8. The third-order valence-corrected chi connectivity index (χ3v) is 4.38. The van der Waals surface area contributed by atoms with Gasteiger partial charge in [-0.2, -0.15) is 5.10 Å². The van der Waals surface area contributed by atoms with Crippen molar-refractivity contribution in [1.82, 2.24) is 19.7 Å². The van der Waals surface area contributed by atoms with Gasteiger partial charge in [-0.05, 0) is 26.2 Å². The number of hydrogen-bond donors (Lipinski definition) is 1. The van der Waals surface area contributed by atoms with E-state index in [9.17, 15) is 9.18 Å². The second-order valence-electron chi connectivity index (χ2n) is 5.77. The van der Waals surface area contributed by atoms with Gasteiger partial charge in [0.2, 0.25) is 0 Å². The first-order valence-corrected chi connectivity index (χ1v) is 8.60. The van der Waals surface area contributed by atoms with Gasteiger partial charge >= 0.3 is 0 Å². The van der Waals surface area contributed by atoms with Crippen LogP contribution in [-0.2, 0) is 6.54 Å². The predicted octanol–water partition coefficient (Wildman–Crippen LogP) is 2.96. The van der Waals surface area contributed by atoms with Gasteiger partial charge in [-0.3, -0.25) is 9.48 Å². The van der Waals surface area contributed by atoms with Crippen molar-refractivity contribution < 1.29 is 9.18 Å². The quantitative estimate of drug-likeness (QED) is 0.735. The van der Waals surface area contributed by atoms with Gasteiger partial charge in [0.15, 0.2) is 0 Å². The van der Waals surface area contributed by atoms with Gasteiger partial charge in [0, 0.05) is 23.7 Å². The summed E-state index contributed by atoms with van der Waals surface area (Å²) in [6.45, 7) is 1.59. The largest absolute Gasteiger partial charge is 0.318 e. The second-order valence-corrected chi connectivity index (χ2v) is 6.63. The number of aromatic nitrogens is 3. The standard InChI is InChI=1S/C17H18FN5OS/c1-22(2)7-8-23-10-12(9-19-23)20-16(24)15-11-25-17(21-15)13-5-3-4-6-14(13)18/h3-6,9-11H,7-8H2,1-2H3,(H,20,24). The first kappa shape index (κ1) is 17.2. The molecular formula is C17H18FN5OS. The molecule has 1 N–H and O–H groups in total. The van der Waals surface area contributed by atoms with Crippen LogP contribution in [0, 0.1) is 5.82 Å². The molecule has 6 nitrogen and oxygen atoms in total. The summed E-state index contributed by atoms with van der Waals surface area (Å²) >= 11 is 1.23. The number of halogens is 1. The molecule has 0 unspecified atom stereocenters. The molecule has 0 aliphatic heterocycles. The van der Waals surface area contributed by atoms with Crippen LogP contribution in [0.2, 0.25) is 0 Å². The van der Waals surface area contributed by atoms with E-state index in [1.165, 1.54) is 17.4 Å². The Balaban J connectivity index is 1.67. The summed E-state index contributed by atoms with van der Waals surface area (Å²) in [7, 11) is 3.98. The monoisotopic (exact) mass is 359 g/mol. The van der Waals surface area contributed by atoms with E-state index in [1.807, 2.05) is 14.1 Å². The van der Waals surface area contributed by atoms with Crippen LogP contribution in [-0.4, -0.2) is 46.2 Å². The Kier molecular flexibility index (Phi) is 5.20. The second kappa shape index (κ2) is 7.54. The molecule has 1 aromatic carbocycles. The number of nitrogens with one attached hydrogen (secondary N) is 1. The van der Waals surface area contributed by atoms with E-state index in [2.05, 4.69) is 20.3 Å². The summed E-state index contributed by atoms with van der Waals surface area (Å²) in [6.07, 6.45) is 3.36. The lowest BCUT2D eigenvalue weighted by Gasteiger charge is -2.08. The number of hydrogen-bond acceptors (Lipinski definition) is 5. The van der Waals surface area contributed by atoms with Crippen LogP contribution in [0.15, 0.2) is 42.0 Å². The molecule has 0 spiro atoms. The van der Waals surface area contributed by atoms with E-state index in [4.69, 9.17) is 0 Å². The fourth-order valence-corrected chi connectivity index (χ4v) is 3.01. The van der Waals surface area contributed by atoms with Crippen LogP contribution in [0.5, 0.6) is 0 Å². The van der Waals surface area contributed by atoms with Gasteiger partial charge in [-0.25, -0.2) is 9.37 Å². The zero-order chi connectivity index (χ0) is 17.8. The third-order valence-electron chi connectivity index (χ3n) is 3.51. The Bertz CT molecular complexity index is 873. The van der Waals surface area contributed by atoms with Gasteiger partial charge in [-0.1, -0.05) is 12.1 Å². The maximum atomic E-state index is 13.8. The smallest absolute Gasteiger partial charge is 0.275 e. The Morgan fingerprint density at radius 2 is 2.16 bits per heavy atom. The van der Waals surface area contributed by atoms with E-state index >= 15 is 0 Å². The van der Waals surface area contributed by atoms with Gasteiger partial charge in [0.25, 0.3) is 5.91 Å². The summed E-state index contributed by atoms with van der Waals surface area (Å²) in [5.41, 5.74) is 1.25. The fourth-order valence-electron chi connectivity index (χ4n) is 2.18. The molecule has 0 aliphatic carbocycles. The first-order chi connectivity index (χ1) is 12.0. The highest BCUT2D eigenvalue weighted by molar-refractivity contribution is 7.13. The lowest BCUT2D eigenvalue weighted by molar-refractivity contribution is 0.102. The average molecular weight is 359 g/mol. The predicted molar refractivity (Wildman–Crippen MR) is 96.2 cm³/mol. The normalized spacial score (nSPS) is 11.0. The Morgan fingerprint density at radius 3 is 2.92 bits per heavy atom. The molecule has 25 heavy (non-hydrogen) atoms. The molecule has 0 atom stereocenters. The molecule has 130 valence electrons. The summed E-state index contributed by atoms with van der Waals surface area (Å²) < 4.78 is 15.6. The van der Waals surface area contributed by atoms with Gasteiger partial charge < -0.3 is 10.2 Å². The first-order valence-electron chi connectivity index (χ1n) is 7.72. The van der Waals surface area contributed by atoms with E-state index in [0.29, 0.717) is 16.3 Å². The van der Waals surface area contributed by atoms with Crippen molar-refractivity contribution in [3.63, 3.8) is 0 Å². The van der Waals surface area contributed by atoms with Crippen LogP contribution in [0.25, 0.3) is 10.6 Å². The average Bonchev–Trinajstić information content (AvgIpc) is 3.23. The van der Waals surface area contributed by atoms with Gasteiger partial charge in [0.05, 0.1) is 18.4 Å². The van der Waals surface area contributed by atoms with Crippen molar-refractivity contribution in [3.8, 4) is 10.6 Å². The van der Waals surface area contributed by atoms with Crippen molar-refractivity contribution in [2.24, 2.45) is 0 Å². The van der Waals surface area contributed by atoms with E-state index in [0.717, 1.165) is 13.1 Å². The molecule has 0 fully saturated rings. The highest BCUT2D eigenvalue weighted by Gasteiger charge is 2.14. The van der Waals surface area contributed by atoms with Crippen molar-refractivity contribution in [2.45, 2.75) is 6.54 Å². The van der Waals surface area contributed by atoms with Crippen molar-refractivity contribution in [2.75, 3.05) is 26.0 Å². The highest BCUT2D eigenvalue weighted by Crippen LogP contribution is 2.26. The number of benzene rings is 1. The molecule has 1 amide bonds. The summed E-state index contributed by atoms with van der Waals surface area (Å²) in [6, 6.07) is 6.37. The number of anilines is 1. The Labute approximate surface area is 148 Å². The van der Waals surface area contributed by atoms with Crippen LogP contribution < -0.4 is 5.32 Å². The van der Waals surface area contributed by atoms with Crippen LogP contribution in [0.1, 0.15) is 10.5 Å². The molecule has 8 heteroatoms. The maximum Gasteiger partial charge on any atom is 0.275 e. The van der Waals surface area contributed by atoms with Crippen LogP contribution >= 0.6 is 11.3 Å². The number of thiazole rings is 1. The van der Waals surface area contributed by atoms with Crippen molar-refractivity contribution in [1.29, 1.82) is 0 Å². The molecule has 0 radical (unpaired) electrons.